The summed E-state index contributed by atoms with van der Waals surface area (Å²) in [6.45, 7) is 0. The lowest BCUT2D eigenvalue weighted by molar-refractivity contribution is -0.146. The van der Waals surface area contributed by atoms with Gasteiger partial charge in [0.15, 0.2) is 0 Å². The first-order valence-electron chi connectivity index (χ1n) is 5.88. The molecule has 0 aromatic carbocycles. The molecule has 0 saturated heterocycles. The van der Waals surface area contributed by atoms with Crippen LogP contribution in [0.1, 0.15) is 12.8 Å². The topological polar surface area (TPSA) is 55.4 Å². The lowest BCUT2D eigenvalue weighted by atomic mass is 10.1. The van der Waals surface area contributed by atoms with Crippen molar-refractivity contribution < 1.29 is 14.3 Å². The maximum absolute atomic E-state index is 12.2. The average Bonchev–Trinajstić information content (AvgIpc) is 2.83. The predicted octanol–water partition coefficient (Wildman–Crippen LogP) is 1.17. The van der Waals surface area contributed by atoms with E-state index in [1.807, 2.05) is 24.3 Å². The van der Waals surface area contributed by atoms with Gasteiger partial charge in [0.05, 0.1) is 7.11 Å². The number of fused-ring (bicyclic) bond motifs is 1. The number of nitrogens with one attached hydrogen (secondary N) is 1. The van der Waals surface area contributed by atoms with Crippen LogP contribution in [0.25, 0.3) is 0 Å². The molecule has 1 N–H and O–H groups in total. The summed E-state index contributed by atoms with van der Waals surface area (Å²) in [7, 11) is 1.34. The van der Waals surface area contributed by atoms with E-state index in [-0.39, 0.29) is 11.9 Å². The van der Waals surface area contributed by atoms with E-state index >= 15 is 0 Å². The van der Waals surface area contributed by atoms with E-state index < -0.39 is 5.54 Å². The van der Waals surface area contributed by atoms with Crippen LogP contribution in [-0.2, 0) is 14.3 Å². The predicted molar refractivity (Wildman–Crippen MR) is 65.5 cm³/mol. The van der Waals surface area contributed by atoms with Crippen molar-refractivity contribution in [1.29, 1.82) is 0 Å². The van der Waals surface area contributed by atoms with Crippen molar-refractivity contribution in [2.45, 2.75) is 18.4 Å². The number of esters is 1. The molecular formula is C14H13NO3. The second-order valence-electron chi connectivity index (χ2n) is 4.67. The first-order valence-corrected chi connectivity index (χ1v) is 5.88. The van der Waals surface area contributed by atoms with Gasteiger partial charge >= 0.3 is 5.97 Å². The fourth-order valence-corrected chi connectivity index (χ4v) is 2.27. The molecule has 0 unspecified atom stereocenters. The number of carbonyl (C=O) groups is 2. The zero-order chi connectivity index (χ0) is 12.8. The van der Waals surface area contributed by atoms with E-state index in [0.717, 1.165) is 11.1 Å². The molecule has 3 rings (SSSR count). The summed E-state index contributed by atoms with van der Waals surface area (Å²) in [5.74, 6) is -0.569. The molecule has 0 heterocycles. The molecule has 92 valence electrons. The van der Waals surface area contributed by atoms with E-state index in [1.54, 1.807) is 6.08 Å². The van der Waals surface area contributed by atoms with Crippen molar-refractivity contribution in [2.24, 2.45) is 0 Å². The second-order valence-corrected chi connectivity index (χ2v) is 4.67. The van der Waals surface area contributed by atoms with E-state index in [2.05, 4.69) is 5.32 Å². The molecule has 1 saturated carbocycles. The highest BCUT2D eigenvalue weighted by Crippen LogP contribution is 2.38. The SMILES string of the molecule is COC(=O)C1(NC(=O)C2=C3C=CC=C3C=C2)CC1. The van der Waals surface area contributed by atoms with Gasteiger partial charge in [-0.15, -0.1) is 0 Å². The number of hydrogen-bond donors (Lipinski definition) is 1. The summed E-state index contributed by atoms with van der Waals surface area (Å²) in [5.41, 5.74) is 1.79. The third-order valence-electron chi connectivity index (χ3n) is 3.49. The zero-order valence-corrected chi connectivity index (χ0v) is 10.0. The van der Waals surface area contributed by atoms with Crippen molar-refractivity contribution in [1.82, 2.24) is 5.32 Å². The van der Waals surface area contributed by atoms with Crippen molar-refractivity contribution in [2.75, 3.05) is 7.11 Å². The Bertz CT molecular complexity index is 560. The van der Waals surface area contributed by atoms with Crippen molar-refractivity contribution in [3.05, 3.63) is 47.1 Å². The lowest BCUT2D eigenvalue weighted by Crippen LogP contribution is -2.44. The summed E-state index contributed by atoms with van der Waals surface area (Å²) in [4.78, 5) is 23.8. The van der Waals surface area contributed by atoms with Crippen LogP contribution in [0, 0.1) is 0 Å². The van der Waals surface area contributed by atoms with Gasteiger partial charge in [-0.1, -0.05) is 24.3 Å². The summed E-state index contributed by atoms with van der Waals surface area (Å²) < 4.78 is 4.71. The van der Waals surface area contributed by atoms with Gasteiger partial charge in [0.2, 0.25) is 0 Å². The van der Waals surface area contributed by atoms with Gasteiger partial charge < -0.3 is 10.1 Å². The molecule has 0 bridgehead atoms. The summed E-state index contributed by atoms with van der Waals surface area (Å²) in [6, 6.07) is 0. The number of allylic oxidation sites excluding steroid dienone is 6. The second kappa shape index (κ2) is 3.70. The molecule has 0 radical (unpaired) electrons. The molecule has 3 aliphatic rings. The molecule has 4 nitrogen and oxygen atoms in total. The molecule has 0 aromatic heterocycles. The quantitative estimate of drug-likeness (QED) is 0.757. The third kappa shape index (κ3) is 1.53. The van der Waals surface area contributed by atoms with E-state index in [4.69, 9.17) is 4.74 Å². The van der Waals surface area contributed by atoms with Crippen molar-refractivity contribution in [3.63, 3.8) is 0 Å². The molecule has 0 spiro atoms. The molecule has 0 atom stereocenters. The molecular weight excluding hydrogens is 230 g/mol. The molecule has 4 heteroatoms. The van der Waals surface area contributed by atoms with Crippen LogP contribution in [-0.4, -0.2) is 24.5 Å². The molecule has 0 aliphatic heterocycles. The monoisotopic (exact) mass is 243 g/mol. The largest absolute Gasteiger partial charge is 0.467 e. The highest BCUT2D eigenvalue weighted by Gasteiger charge is 2.52. The van der Waals surface area contributed by atoms with Gasteiger partial charge in [0.1, 0.15) is 5.54 Å². The highest BCUT2D eigenvalue weighted by atomic mass is 16.5. The minimum absolute atomic E-state index is 0.209. The number of hydrogen-bond acceptors (Lipinski definition) is 3. The Morgan fingerprint density at radius 3 is 2.72 bits per heavy atom. The minimum Gasteiger partial charge on any atom is -0.467 e. The molecule has 3 aliphatic carbocycles. The highest BCUT2D eigenvalue weighted by molar-refractivity contribution is 6.03. The normalized spacial score (nSPS) is 21.7. The number of carbonyl (C=O) groups excluding carboxylic acids is 2. The smallest absolute Gasteiger partial charge is 0.331 e. The van der Waals surface area contributed by atoms with Crippen LogP contribution < -0.4 is 5.32 Å². The number of ether oxygens (including phenoxy) is 1. The summed E-state index contributed by atoms with van der Waals surface area (Å²) >= 11 is 0. The fourth-order valence-electron chi connectivity index (χ4n) is 2.27. The van der Waals surface area contributed by atoms with Gasteiger partial charge in [-0.05, 0) is 30.1 Å². The number of amides is 1. The number of methoxy groups -OCH3 is 1. The Morgan fingerprint density at radius 1 is 1.28 bits per heavy atom. The van der Waals surface area contributed by atoms with Crippen LogP contribution in [0.3, 0.4) is 0 Å². The van der Waals surface area contributed by atoms with Crippen molar-refractivity contribution in [3.8, 4) is 0 Å². The van der Waals surface area contributed by atoms with Gasteiger partial charge in [-0.3, -0.25) is 4.79 Å². The molecule has 0 aromatic rings. The Kier molecular flexibility index (Phi) is 2.26. The summed E-state index contributed by atoms with van der Waals surface area (Å²) in [6.07, 6.45) is 10.8. The molecule has 18 heavy (non-hydrogen) atoms. The summed E-state index contributed by atoms with van der Waals surface area (Å²) in [5, 5.41) is 2.79. The van der Waals surface area contributed by atoms with E-state index in [0.29, 0.717) is 18.4 Å². The maximum atomic E-state index is 12.2. The molecule has 1 amide bonds. The Labute approximate surface area is 105 Å². The van der Waals surface area contributed by atoms with Crippen LogP contribution in [0.4, 0.5) is 0 Å². The fraction of sp³-hybridized carbons (Fsp3) is 0.286. The van der Waals surface area contributed by atoms with Crippen LogP contribution in [0.15, 0.2) is 47.1 Å². The van der Waals surface area contributed by atoms with E-state index in [1.165, 1.54) is 7.11 Å². The van der Waals surface area contributed by atoms with Crippen LogP contribution >= 0.6 is 0 Å². The van der Waals surface area contributed by atoms with Gasteiger partial charge in [-0.2, -0.15) is 0 Å². The van der Waals surface area contributed by atoms with Crippen LogP contribution in [0.5, 0.6) is 0 Å². The minimum atomic E-state index is -0.790. The zero-order valence-electron chi connectivity index (χ0n) is 10.0. The lowest BCUT2D eigenvalue weighted by Gasteiger charge is -2.15. The molecule has 1 fully saturated rings. The Hall–Kier alpha value is -2.10. The van der Waals surface area contributed by atoms with Gasteiger partial charge in [0.25, 0.3) is 5.91 Å². The third-order valence-corrected chi connectivity index (χ3v) is 3.49. The standard InChI is InChI=1S/C14H13NO3/c1-18-13(17)14(7-8-14)15-12(16)11-6-5-9-3-2-4-10(9)11/h2-6H,7-8H2,1H3,(H,15,16). The van der Waals surface area contributed by atoms with Gasteiger partial charge in [-0.25, -0.2) is 4.79 Å². The van der Waals surface area contributed by atoms with Gasteiger partial charge in [0, 0.05) is 5.57 Å². The average molecular weight is 243 g/mol. The maximum Gasteiger partial charge on any atom is 0.331 e. The first-order chi connectivity index (χ1) is 8.66. The van der Waals surface area contributed by atoms with E-state index in [9.17, 15) is 9.59 Å². The van der Waals surface area contributed by atoms with Crippen molar-refractivity contribution >= 4 is 11.9 Å². The number of rotatable bonds is 3. The Balaban J connectivity index is 1.80. The first kappa shape index (κ1) is 11.0. The Morgan fingerprint density at radius 2 is 2.06 bits per heavy atom. The van der Waals surface area contributed by atoms with Crippen LogP contribution in [0.2, 0.25) is 0 Å².